The average Bonchev–Trinajstić information content (AvgIpc) is 2.87. The molecule has 1 nitrogen and oxygen atoms in total. The first kappa shape index (κ1) is 16.4. The summed E-state index contributed by atoms with van der Waals surface area (Å²) in [5.74, 6) is 0.261. The van der Waals surface area contributed by atoms with Crippen LogP contribution in [-0.4, -0.2) is 0 Å². The zero-order valence-electron chi connectivity index (χ0n) is 11.5. The Labute approximate surface area is 134 Å². The topological polar surface area (TPSA) is 12.0 Å². The first-order valence-corrected chi connectivity index (χ1v) is 8.12. The summed E-state index contributed by atoms with van der Waals surface area (Å²) in [7, 11) is 0. The maximum atomic E-state index is 12.9. The van der Waals surface area contributed by atoms with Gasteiger partial charge in [0, 0.05) is 15.0 Å². The second-order valence-electron chi connectivity index (χ2n) is 5.11. The van der Waals surface area contributed by atoms with Crippen molar-refractivity contribution in [1.82, 2.24) is 0 Å². The molecule has 0 saturated heterocycles. The van der Waals surface area contributed by atoms with E-state index in [1.54, 1.807) is 17.4 Å². The number of anilines is 1. The maximum Gasteiger partial charge on any atom is 0.416 e. The lowest BCUT2D eigenvalue weighted by atomic mass is 10.0. The predicted octanol–water partition coefficient (Wildman–Crippen LogP) is 6.34. The zero-order valence-corrected chi connectivity index (χ0v) is 13.9. The van der Waals surface area contributed by atoms with Crippen molar-refractivity contribution in [2.75, 3.05) is 5.32 Å². The highest BCUT2D eigenvalue weighted by Crippen LogP contribution is 2.36. The molecule has 6 heteroatoms. The van der Waals surface area contributed by atoms with Crippen molar-refractivity contribution in [3.8, 4) is 0 Å². The van der Waals surface area contributed by atoms with Gasteiger partial charge in [0.25, 0.3) is 0 Å². The third kappa shape index (κ3) is 4.23. The van der Waals surface area contributed by atoms with Crippen LogP contribution in [0.5, 0.6) is 0 Å². The molecule has 0 saturated carbocycles. The summed E-state index contributed by atoms with van der Waals surface area (Å²) in [6, 6.07) is 7.82. The molecule has 21 heavy (non-hydrogen) atoms. The molecule has 1 aromatic heterocycles. The second kappa shape index (κ2) is 6.40. The van der Waals surface area contributed by atoms with E-state index in [0.717, 1.165) is 17.0 Å². The van der Waals surface area contributed by atoms with Gasteiger partial charge in [-0.1, -0.05) is 35.8 Å². The fraction of sp³-hybridized carbons (Fsp3) is 0.333. The van der Waals surface area contributed by atoms with E-state index in [2.05, 4.69) is 21.2 Å². The molecule has 114 valence electrons. The van der Waals surface area contributed by atoms with Gasteiger partial charge >= 0.3 is 6.18 Å². The van der Waals surface area contributed by atoms with E-state index in [4.69, 9.17) is 0 Å². The average molecular weight is 378 g/mol. The van der Waals surface area contributed by atoms with E-state index < -0.39 is 11.7 Å². The van der Waals surface area contributed by atoms with Crippen molar-refractivity contribution >= 4 is 33.0 Å². The molecular formula is C15H15BrF3NS. The highest BCUT2D eigenvalue weighted by atomic mass is 79.9. The summed E-state index contributed by atoms with van der Waals surface area (Å²) in [6.45, 7) is 4.08. The van der Waals surface area contributed by atoms with Gasteiger partial charge in [-0.3, -0.25) is 0 Å². The van der Waals surface area contributed by atoms with Crippen LogP contribution >= 0.6 is 27.3 Å². The Morgan fingerprint density at radius 2 is 1.90 bits per heavy atom. The molecule has 0 amide bonds. The van der Waals surface area contributed by atoms with Crippen LogP contribution in [0.15, 0.2) is 40.2 Å². The Kier molecular flexibility index (Phi) is 4.99. The third-order valence-electron chi connectivity index (χ3n) is 3.06. The van der Waals surface area contributed by atoms with E-state index in [-0.39, 0.29) is 12.0 Å². The molecule has 1 atom stereocenters. The number of benzene rings is 1. The Morgan fingerprint density at radius 1 is 1.19 bits per heavy atom. The normalized spacial score (nSPS) is 13.5. The number of rotatable bonds is 4. The Bertz CT molecular complexity index is 593. The van der Waals surface area contributed by atoms with Crippen molar-refractivity contribution in [3.05, 3.63) is 50.6 Å². The minimum Gasteiger partial charge on any atom is -0.377 e. The first-order valence-electron chi connectivity index (χ1n) is 6.45. The molecule has 1 aromatic carbocycles. The minimum absolute atomic E-state index is 0.0135. The molecule has 2 rings (SSSR count). The van der Waals surface area contributed by atoms with E-state index in [1.165, 1.54) is 0 Å². The number of hydrogen-bond donors (Lipinski definition) is 1. The van der Waals surface area contributed by atoms with Gasteiger partial charge in [0.2, 0.25) is 0 Å². The van der Waals surface area contributed by atoms with Crippen LogP contribution in [0, 0.1) is 5.92 Å². The van der Waals surface area contributed by atoms with Gasteiger partial charge in [-0.05, 0) is 35.6 Å². The minimum atomic E-state index is -4.35. The van der Waals surface area contributed by atoms with Crippen molar-refractivity contribution in [2.45, 2.75) is 26.1 Å². The summed E-state index contributed by atoms with van der Waals surface area (Å²) in [6.07, 6.45) is -4.35. The van der Waals surface area contributed by atoms with Crippen molar-refractivity contribution < 1.29 is 13.2 Å². The van der Waals surface area contributed by atoms with Gasteiger partial charge in [0.05, 0.1) is 11.6 Å². The van der Waals surface area contributed by atoms with Gasteiger partial charge in [-0.15, -0.1) is 11.3 Å². The molecule has 0 aliphatic heterocycles. The van der Waals surface area contributed by atoms with Crippen LogP contribution in [-0.2, 0) is 6.18 Å². The highest BCUT2D eigenvalue weighted by Gasteiger charge is 2.31. The monoisotopic (exact) mass is 377 g/mol. The largest absolute Gasteiger partial charge is 0.416 e. The van der Waals surface area contributed by atoms with E-state index in [9.17, 15) is 13.2 Å². The number of thiophene rings is 1. The fourth-order valence-electron chi connectivity index (χ4n) is 2.05. The van der Waals surface area contributed by atoms with Gasteiger partial charge in [0.15, 0.2) is 0 Å². The molecule has 2 aromatic rings. The summed E-state index contributed by atoms with van der Waals surface area (Å²) in [4.78, 5) is 1.11. The van der Waals surface area contributed by atoms with E-state index in [1.807, 2.05) is 31.4 Å². The van der Waals surface area contributed by atoms with Crippen LogP contribution in [0.1, 0.15) is 30.3 Å². The number of hydrogen-bond acceptors (Lipinski definition) is 2. The molecule has 1 N–H and O–H groups in total. The molecule has 0 radical (unpaired) electrons. The fourth-order valence-corrected chi connectivity index (χ4v) is 3.49. The smallest absolute Gasteiger partial charge is 0.377 e. The SMILES string of the molecule is CC(C)C(Nc1cc(Br)cc(C(F)(F)F)c1)c1cccs1. The van der Waals surface area contributed by atoms with Crippen molar-refractivity contribution in [3.63, 3.8) is 0 Å². The number of alkyl halides is 3. The second-order valence-corrected chi connectivity index (χ2v) is 7.00. The molecule has 0 fully saturated rings. The molecule has 1 unspecified atom stereocenters. The third-order valence-corrected chi connectivity index (χ3v) is 4.48. The molecule has 0 spiro atoms. The predicted molar refractivity (Wildman–Crippen MR) is 84.7 cm³/mol. The molecule has 0 aliphatic carbocycles. The van der Waals surface area contributed by atoms with Crippen molar-refractivity contribution in [2.24, 2.45) is 5.92 Å². The lowest BCUT2D eigenvalue weighted by Crippen LogP contribution is -2.16. The van der Waals surface area contributed by atoms with Crippen LogP contribution in [0.3, 0.4) is 0 Å². The van der Waals surface area contributed by atoms with Crippen molar-refractivity contribution in [1.29, 1.82) is 0 Å². The van der Waals surface area contributed by atoms with Gasteiger partial charge < -0.3 is 5.32 Å². The molecule has 0 aliphatic rings. The van der Waals surface area contributed by atoms with Crippen LogP contribution in [0.25, 0.3) is 0 Å². The lowest BCUT2D eigenvalue weighted by molar-refractivity contribution is -0.137. The maximum absolute atomic E-state index is 12.9. The molecule has 1 heterocycles. The Hall–Kier alpha value is -1.01. The first-order chi connectivity index (χ1) is 9.77. The Balaban J connectivity index is 2.31. The Morgan fingerprint density at radius 3 is 2.43 bits per heavy atom. The van der Waals surface area contributed by atoms with Gasteiger partial charge in [-0.25, -0.2) is 0 Å². The lowest BCUT2D eigenvalue weighted by Gasteiger charge is -2.23. The summed E-state index contributed by atoms with van der Waals surface area (Å²) in [5.41, 5.74) is -0.197. The highest BCUT2D eigenvalue weighted by molar-refractivity contribution is 9.10. The van der Waals surface area contributed by atoms with Crippen LogP contribution in [0.2, 0.25) is 0 Å². The van der Waals surface area contributed by atoms with Crippen LogP contribution < -0.4 is 5.32 Å². The van der Waals surface area contributed by atoms with Gasteiger partial charge in [-0.2, -0.15) is 13.2 Å². The van der Waals surface area contributed by atoms with Gasteiger partial charge in [0.1, 0.15) is 0 Å². The quantitative estimate of drug-likeness (QED) is 0.655. The van der Waals surface area contributed by atoms with E-state index in [0.29, 0.717) is 10.2 Å². The van der Waals surface area contributed by atoms with E-state index >= 15 is 0 Å². The number of halogens is 4. The standard InChI is InChI=1S/C15H15BrF3NS/c1-9(2)14(13-4-3-5-21-13)20-12-7-10(15(17,18)19)6-11(16)8-12/h3-9,14,20H,1-2H3. The molecule has 0 bridgehead atoms. The summed E-state index contributed by atoms with van der Waals surface area (Å²) in [5, 5.41) is 5.18. The summed E-state index contributed by atoms with van der Waals surface area (Å²) < 4.78 is 39.0. The van der Waals surface area contributed by atoms with Crippen LogP contribution in [0.4, 0.5) is 18.9 Å². The molecular weight excluding hydrogens is 363 g/mol. The number of nitrogens with one attached hydrogen (secondary N) is 1. The summed E-state index contributed by atoms with van der Waals surface area (Å²) >= 11 is 4.74. The zero-order chi connectivity index (χ0) is 15.6.